The van der Waals surface area contributed by atoms with Gasteiger partial charge in [-0.25, -0.2) is 0 Å². The van der Waals surface area contributed by atoms with Crippen molar-refractivity contribution in [3.05, 3.63) is 142 Å². The minimum atomic E-state index is 0. The van der Waals surface area contributed by atoms with E-state index < -0.39 is 0 Å². The number of carbonyl (C=O) groups is 1. The molecule has 3 nitrogen and oxygen atoms in total. The highest BCUT2D eigenvalue weighted by Crippen LogP contribution is 2.43. The third-order valence-corrected chi connectivity index (χ3v) is 7.15. The van der Waals surface area contributed by atoms with Crippen molar-refractivity contribution in [2.24, 2.45) is 5.84 Å². The molecule has 3 aliphatic carbocycles. The number of Topliss-reactive ketones (excluding diaryl/α,β-unsaturated/α-hetero) is 1. The van der Waals surface area contributed by atoms with Gasteiger partial charge in [-0.1, -0.05) is 96.6 Å². The fourth-order valence-corrected chi connectivity index (χ4v) is 5.33. The molecule has 4 aromatic carbocycles. The van der Waals surface area contributed by atoms with E-state index in [1.807, 2.05) is 48.5 Å². The molecule has 4 aromatic rings. The fourth-order valence-electron chi connectivity index (χ4n) is 5.33. The zero-order chi connectivity index (χ0) is 24.7. The number of nitrogens with one attached hydrogen (secondary N) is 1. The first-order valence-electron chi connectivity index (χ1n) is 12.7. The standard InChI is InChI=1S/C17H14.C10H10O.C6H8N2.ClH/c1-3-7-15-12(5-1)9-10-14-11-13-6-2-4-8-16(13)17(14)15;11-10-6-5-8-3-1-2-4-9(8)7-10;7-8-6-4-2-1-3-5-6;/h1-8H,9-11H2;1-4H,5-7H2;1-5,8H,7H2;1H. The van der Waals surface area contributed by atoms with Crippen LogP contribution in [-0.2, 0) is 30.5 Å². The Balaban J connectivity index is 0.000000139. The maximum atomic E-state index is 11.0. The van der Waals surface area contributed by atoms with Crippen molar-refractivity contribution >= 4 is 29.5 Å². The Hall–Kier alpha value is -3.66. The number of hydrogen-bond donors (Lipinski definition) is 2. The quantitative estimate of drug-likeness (QED) is 0.212. The third-order valence-electron chi connectivity index (χ3n) is 7.15. The average molecular weight is 509 g/mol. The molecule has 3 N–H and O–H groups in total. The summed E-state index contributed by atoms with van der Waals surface area (Å²) in [6, 6.07) is 35.5. The molecule has 0 bridgehead atoms. The number of nitrogen functional groups attached to an aromatic ring is 1. The summed E-state index contributed by atoms with van der Waals surface area (Å²) >= 11 is 0. The van der Waals surface area contributed by atoms with Crippen LogP contribution in [0.2, 0.25) is 0 Å². The van der Waals surface area contributed by atoms with Crippen molar-refractivity contribution in [3.8, 4) is 0 Å². The summed E-state index contributed by atoms with van der Waals surface area (Å²) in [5.74, 6) is 5.48. The van der Waals surface area contributed by atoms with E-state index in [0.717, 1.165) is 18.5 Å². The lowest BCUT2D eigenvalue weighted by atomic mass is 9.85. The third kappa shape index (κ3) is 6.19. The first-order valence-corrected chi connectivity index (χ1v) is 12.7. The van der Waals surface area contributed by atoms with Gasteiger partial charge < -0.3 is 5.43 Å². The number of benzene rings is 4. The fraction of sp³-hybridized carbons (Fsp3) is 0.182. The number of hydrazine groups is 1. The molecule has 0 saturated carbocycles. The van der Waals surface area contributed by atoms with Gasteiger partial charge in [0.15, 0.2) is 0 Å². The largest absolute Gasteiger partial charge is 0.324 e. The predicted molar refractivity (Wildman–Crippen MR) is 156 cm³/mol. The van der Waals surface area contributed by atoms with E-state index in [2.05, 4.69) is 60.0 Å². The Labute approximate surface area is 225 Å². The van der Waals surface area contributed by atoms with Crippen LogP contribution in [0.3, 0.4) is 0 Å². The van der Waals surface area contributed by atoms with Crippen molar-refractivity contribution in [1.82, 2.24) is 0 Å². The van der Waals surface area contributed by atoms with Crippen LogP contribution in [0.1, 0.15) is 46.2 Å². The van der Waals surface area contributed by atoms with Crippen LogP contribution in [0.25, 0.3) is 5.57 Å². The molecule has 0 aliphatic heterocycles. The number of halogens is 1. The molecule has 0 aromatic heterocycles. The number of ketones is 1. The number of fused-ring (bicyclic) bond motifs is 5. The van der Waals surface area contributed by atoms with Gasteiger partial charge >= 0.3 is 0 Å². The molecule has 0 saturated heterocycles. The van der Waals surface area contributed by atoms with Gasteiger partial charge in [0.05, 0.1) is 0 Å². The summed E-state index contributed by atoms with van der Waals surface area (Å²) in [6.07, 6.45) is 5.94. The molecule has 0 amide bonds. The second-order valence-corrected chi connectivity index (χ2v) is 9.46. The number of anilines is 1. The Bertz CT molecular complexity index is 1390. The molecule has 0 radical (unpaired) electrons. The summed E-state index contributed by atoms with van der Waals surface area (Å²) in [4.78, 5) is 11.0. The van der Waals surface area contributed by atoms with Gasteiger partial charge in [-0.05, 0) is 76.8 Å². The molecule has 188 valence electrons. The Morgan fingerprint density at radius 3 is 1.76 bits per heavy atom. The topological polar surface area (TPSA) is 55.1 Å². The van der Waals surface area contributed by atoms with E-state index in [0.29, 0.717) is 12.2 Å². The van der Waals surface area contributed by atoms with Crippen molar-refractivity contribution in [2.75, 3.05) is 5.43 Å². The Kier molecular flexibility index (Phi) is 8.95. The summed E-state index contributed by atoms with van der Waals surface area (Å²) < 4.78 is 0. The minimum Gasteiger partial charge on any atom is -0.324 e. The van der Waals surface area contributed by atoms with Gasteiger partial charge in [0.1, 0.15) is 5.78 Å². The highest BCUT2D eigenvalue weighted by atomic mass is 35.5. The van der Waals surface area contributed by atoms with E-state index in [4.69, 9.17) is 5.84 Å². The van der Waals surface area contributed by atoms with E-state index in [1.165, 1.54) is 58.2 Å². The van der Waals surface area contributed by atoms with Crippen LogP contribution < -0.4 is 11.3 Å². The molecule has 0 unspecified atom stereocenters. The van der Waals surface area contributed by atoms with E-state index in [-0.39, 0.29) is 12.4 Å². The van der Waals surface area contributed by atoms with Gasteiger partial charge in [0, 0.05) is 18.5 Å². The maximum absolute atomic E-state index is 11.0. The normalized spacial score (nSPS) is 14.2. The molecule has 3 aliphatic rings. The van der Waals surface area contributed by atoms with Crippen LogP contribution in [0.5, 0.6) is 0 Å². The Morgan fingerprint density at radius 1 is 0.541 bits per heavy atom. The minimum absolute atomic E-state index is 0. The van der Waals surface area contributed by atoms with E-state index >= 15 is 0 Å². The number of rotatable bonds is 1. The van der Waals surface area contributed by atoms with Crippen molar-refractivity contribution < 1.29 is 4.79 Å². The molecule has 7 rings (SSSR count). The first kappa shape index (κ1) is 26.4. The van der Waals surface area contributed by atoms with Crippen molar-refractivity contribution in [3.63, 3.8) is 0 Å². The van der Waals surface area contributed by atoms with Crippen LogP contribution in [0.4, 0.5) is 5.69 Å². The monoisotopic (exact) mass is 508 g/mol. The number of para-hydroxylation sites is 1. The smallest absolute Gasteiger partial charge is 0.137 e. The van der Waals surface area contributed by atoms with Gasteiger partial charge in [-0.3, -0.25) is 10.6 Å². The number of hydrogen-bond acceptors (Lipinski definition) is 3. The first-order chi connectivity index (χ1) is 17.7. The molecular weight excluding hydrogens is 476 g/mol. The van der Waals surface area contributed by atoms with Gasteiger partial charge in [-0.2, -0.15) is 0 Å². The average Bonchev–Trinajstić information content (AvgIpc) is 3.33. The molecule has 0 heterocycles. The second-order valence-electron chi connectivity index (χ2n) is 9.46. The zero-order valence-electron chi connectivity index (χ0n) is 21.0. The number of carbonyl (C=O) groups excluding carboxylic acids is 1. The maximum Gasteiger partial charge on any atom is 0.137 e. The van der Waals surface area contributed by atoms with Crippen molar-refractivity contribution in [2.45, 2.75) is 38.5 Å². The molecule has 0 atom stereocenters. The predicted octanol–water partition coefficient (Wildman–Crippen LogP) is 7.13. The molecule has 0 spiro atoms. The zero-order valence-corrected chi connectivity index (χ0v) is 21.8. The van der Waals surface area contributed by atoms with Crippen molar-refractivity contribution in [1.29, 1.82) is 0 Å². The second kappa shape index (κ2) is 12.5. The van der Waals surface area contributed by atoms with E-state index in [9.17, 15) is 4.79 Å². The molecule has 37 heavy (non-hydrogen) atoms. The highest BCUT2D eigenvalue weighted by molar-refractivity contribution is 5.89. The SMILES string of the molecule is Cl.NNc1ccccc1.O=C1CCc2ccccc2C1.c1ccc2c(c1)CCC1=C2c2ccccc2C1. The summed E-state index contributed by atoms with van der Waals surface area (Å²) in [6.45, 7) is 0. The highest BCUT2D eigenvalue weighted by Gasteiger charge is 2.26. The van der Waals surface area contributed by atoms with Gasteiger partial charge in [-0.15, -0.1) is 12.4 Å². The van der Waals surface area contributed by atoms with Gasteiger partial charge in [0.25, 0.3) is 0 Å². The van der Waals surface area contributed by atoms with Crippen LogP contribution in [-0.4, -0.2) is 5.78 Å². The lowest BCUT2D eigenvalue weighted by Gasteiger charge is -2.19. The number of nitrogens with two attached hydrogens (primary N) is 1. The van der Waals surface area contributed by atoms with Gasteiger partial charge in [0.2, 0.25) is 0 Å². The van der Waals surface area contributed by atoms with Crippen LogP contribution in [0, 0.1) is 0 Å². The molecule has 0 fully saturated rings. The lowest BCUT2D eigenvalue weighted by Crippen LogP contribution is -2.12. The molecule has 4 heteroatoms. The van der Waals surface area contributed by atoms with Crippen LogP contribution >= 0.6 is 12.4 Å². The van der Waals surface area contributed by atoms with E-state index in [1.54, 1.807) is 5.57 Å². The summed E-state index contributed by atoms with van der Waals surface area (Å²) in [7, 11) is 0. The number of allylic oxidation sites excluding steroid dienone is 1. The summed E-state index contributed by atoms with van der Waals surface area (Å²) in [5.41, 5.74) is 15.2. The lowest BCUT2D eigenvalue weighted by molar-refractivity contribution is -0.118. The summed E-state index contributed by atoms with van der Waals surface area (Å²) in [5, 5.41) is 0. The molecular formula is C33H33ClN2O. The number of aryl methyl sites for hydroxylation is 2. The Morgan fingerprint density at radius 2 is 1.08 bits per heavy atom. The van der Waals surface area contributed by atoms with Crippen LogP contribution in [0.15, 0.2) is 109 Å².